The molecule has 1 amide bonds. The first-order valence-corrected chi connectivity index (χ1v) is 7.65. The molecule has 2 aromatic carbocycles. The number of alkyl halides is 1. The average molecular weight is 373 g/mol. The lowest BCUT2D eigenvalue weighted by Crippen LogP contribution is -2.13. The summed E-state index contributed by atoms with van der Waals surface area (Å²) in [5.74, 6) is -0.218. The molecule has 0 aromatic heterocycles. The van der Waals surface area contributed by atoms with Gasteiger partial charge in [0.05, 0.1) is 10.0 Å². The van der Waals surface area contributed by atoms with Crippen molar-refractivity contribution >= 4 is 50.7 Å². The van der Waals surface area contributed by atoms with Gasteiger partial charge in [0, 0.05) is 16.1 Å². The molecule has 0 radical (unpaired) electrons. The summed E-state index contributed by atoms with van der Waals surface area (Å²) in [7, 11) is 0. The summed E-state index contributed by atoms with van der Waals surface area (Å²) >= 11 is 15.3. The second-order valence-corrected chi connectivity index (χ2v) is 6.47. The summed E-state index contributed by atoms with van der Waals surface area (Å²) < 4.78 is 0. The van der Waals surface area contributed by atoms with E-state index >= 15 is 0 Å². The van der Waals surface area contributed by atoms with Crippen LogP contribution >= 0.6 is 39.1 Å². The molecule has 0 bridgehead atoms. The molecule has 0 spiro atoms. The third-order valence-corrected chi connectivity index (χ3v) is 4.05. The molecule has 0 fully saturated rings. The Balaban J connectivity index is 2.26. The summed E-state index contributed by atoms with van der Waals surface area (Å²) in [5, 5.41) is 3.68. The van der Waals surface area contributed by atoms with Crippen LogP contribution in [-0.2, 0) is 0 Å². The summed E-state index contributed by atoms with van der Waals surface area (Å²) in [6.45, 7) is 2.00. The topological polar surface area (TPSA) is 29.1 Å². The van der Waals surface area contributed by atoms with Crippen LogP contribution < -0.4 is 5.32 Å². The third-order valence-electron chi connectivity index (χ3n) is 2.82. The number of amides is 1. The maximum Gasteiger partial charge on any atom is 0.255 e. The Morgan fingerprint density at radius 3 is 2.50 bits per heavy atom. The Bertz CT molecular complexity index is 644. The van der Waals surface area contributed by atoms with Gasteiger partial charge < -0.3 is 5.32 Å². The number of anilines is 1. The van der Waals surface area contributed by atoms with Gasteiger partial charge in [0.25, 0.3) is 5.91 Å². The van der Waals surface area contributed by atoms with E-state index < -0.39 is 0 Å². The molecule has 20 heavy (non-hydrogen) atoms. The van der Waals surface area contributed by atoms with Gasteiger partial charge in [-0.2, -0.15) is 0 Å². The summed E-state index contributed by atoms with van der Waals surface area (Å²) in [6, 6.07) is 12.4. The molecule has 0 saturated carbocycles. The smallest absolute Gasteiger partial charge is 0.255 e. The minimum atomic E-state index is -0.218. The fourth-order valence-electron chi connectivity index (χ4n) is 1.79. The molecule has 0 aliphatic rings. The van der Waals surface area contributed by atoms with Crippen LogP contribution in [0.4, 0.5) is 5.69 Å². The minimum absolute atomic E-state index is 0.146. The molecule has 2 aromatic rings. The van der Waals surface area contributed by atoms with Crippen LogP contribution in [0.1, 0.15) is 27.7 Å². The van der Waals surface area contributed by atoms with E-state index in [0.29, 0.717) is 15.6 Å². The number of rotatable bonds is 3. The van der Waals surface area contributed by atoms with E-state index in [1.165, 1.54) is 0 Å². The lowest BCUT2D eigenvalue weighted by molar-refractivity contribution is 0.102. The van der Waals surface area contributed by atoms with Crippen LogP contribution in [0.15, 0.2) is 42.5 Å². The molecule has 5 heteroatoms. The first-order valence-electron chi connectivity index (χ1n) is 5.98. The zero-order valence-corrected chi connectivity index (χ0v) is 13.8. The lowest BCUT2D eigenvalue weighted by Gasteiger charge is -2.13. The molecular weight excluding hydrogens is 361 g/mol. The van der Waals surface area contributed by atoms with E-state index in [0.717, 1.165) is 11.3 Å². The number of benzene rings is 2. The molecule has 2 rings (SSSR count). The number of carbonyl (C=O) groups is 1. The van der Waals surface area contributed by atoms with Crippen LogP contribution in [0, 0.1) is 0 Å². The quantitative estimate of drug-likeness (QED) is 0.687. The summed E-state index contributed by atoms with van der Waals surface area (Å²) in [4.78, 5) is 12.4. The number of nitrogens with one attached hydrogen (secondary N) is 1. The van der Waals surface area contributed by atoms with E-state index in [-0.39, 0.29) is 10.7 Å². The molecular formula is C15H12BrCl2NO. The van der Waals surface area contributed by atoms with Gasteiger partial charge in [0.15, 0.2) is 0 Å². The van der Waals surface area contributed by atoms with Crippen LogP contribution in [0.2, 0.25) is 10.0 Å². The van der Waals surface area contributed by atoms with Gasteiger partial charge in [-0.15, -0.1) is 0 Å². The summed E-state index contributed by atoms with van der Waals surface area (Å²) in [5.41, 5.74) is 2.25. The highest BCUT2D eigenvalue weighted by atomic mass is 79.9. The largest absolute Gasteiger partial charge is 0.322 e. The lowest BCUT2D eigenvalue weighted by atomic mass is 10.1. The highest BCUT2D eigenvalue weighted by molar-refractivity contribution is 9.09. The van der Waals surface area contributed by atoms with Crippen molar-refractivity contribution in [1.82, 2.24) is 0 Å². The van der Waals surface area contributed by atoms with Gasteiger partial charge in [-0.25, -0.2) is 0 Å². The Morgan fingerprint density at radius 2 is 1.85 bits per heavy atom. The molecule has 1 N–H and O–H groups in total. The predicted molar refractivity (Wildman–Crippen MR) is 88.2 cm³/mol. The molecule has 2 nitrogen and oxygen atoms in total. The number of carbonyl (C=O) groups excluding carboxylic acids is 1. The van der Waals surface area contributed by atoms with Gasteiger partial charge >= 0.3 is 0 Å². The van der Waals surface area contributed by atoms with Gasteiger partial charge in [-0.3, -0.25) is 4.79 Å². The third kappa shape index (κ3) is 3.54. The number of para-hydroxylation sites is 1. The first kappa shape index (κ1) is 15.4. The van der Waals surface area contributed by atoms with Crippen molar-refractivity contribution in [3.05, 3.63) is 63.6 Å². The normalized spacial score (nSPS) is 12.0. The van der Waals surface area contributed by atoms with Crippen molar-refractivity contribution in [3.8, 4) is 0 Å². The second kappa shape index (κ2) is 6.61. The predicted octanol–water partition coefficient (Wildman–Crippen LogP) is 5.70. The van der Waals surface area contributed by atoms with E-state index in [1.54, 1.807) is 18.2 Å². The standard InChI is InChI=1S/C15H12BrCl2NO/c1-9(16)11-4-2-3-5-14(11)19-15(20)10-6-7-12(17)13(18)8-10/h2-9H,1H3,(H,19,20). The minimum Gasteiger partial charge on any atom is -0.322 e. The zero-order valence-electron chi connectivity index (χ0n) is 10.7. The Kier molecular flexibility index (Phi) is 5.08. The van der Waals surface area contributed by atoms with Crippen molar-refractivity contribution in [2.75, 3.05) is 5.32 Å². The number of hydrogen-bond acceptors (Lipinski definition) is 1. The number of hydrogen-bond donors (Lipinski definition) is 1. The molecule has 0 heterocycles. The average Bonchev–Trinajstić information content (AvgIpc) is 2.42. The zero-order chi connectivity index (χ0) is 14.7. The molecule has 1 atom stereocenters. The second-order valence-electron chi connectivity index (χ2n) is 4.29. The van der Waals surface area contributed by atoms with Crippen molar-refractivity contribution in [2.24, 2.45) is 0 Å². The Hall–Kier alpha value is -1.03. The van der Waals surface area contributed by atoms with Crippen molar-refractivity contribution < 1.29 is 4.79 Å². The van der Waals surface area contributed by atoms with Crippen LogP contribution in [0.3, 0.4) is 0 Å². The first-order chi connectivity index (χ1) is 9.49. The van der Waals surface area contributed by atoms with E-state index in [9.17, 15) is 4.79 Å². The van der Waals surface area contributed by atoms with Crippen LogP contribution in [-0.4, -0.2) is 5.91 Å². The van der Waals surface area contributed by atoms with E-state index in [2.05, 4.69) is 21.2 Å². The Morgan fingerprint density at radius 1 is 1.15 bits per heavy atom. The van der Waals surface area contributed by atoms with Crippen LogP contribution in [0.5, 0.6) is 0 Å². The number of halogens is 3. The molecule has 0 aliphatic carbocycles. The fraction of sp³-hybridized carbons (Fsp3) is 0.133. The maximum atomic E-state index is 12.2. The van der Waals surface area contributed by atoms with E-state index in [1.807, 2.05) is 31.2 Å². The monoisotopic (exact) mass is 371 g/mol. The van der Waals surface area contributed by atoms with Crippen molar-refractivity contribution in [3.63, 3.8) is 0 Å². The van der Waals surface area contributed by atoms with Crippen LogP contribution in [0.25, 0.3) is 0 Å². The molecule has 0 aliphatic heterocycles. The highest BCUT2D eigenvalue weighted by Gasteiger charge is 2.12. The van der Waals surface area contributed by atoms with Gasteiger partial charge in [0.2, 0.25) is 0 Å². The Labute approximate surface area is 136 Å². The molecule has 104 valence electrons. The highest BCUT2D eigenvalue weighted by Crippen LogP contribution is 2.29. The molecule has 0 saturated heterocycles. The van der Waals surface area contributed by atoms with Crippen molar-refractivity contribution in [2.45, 2.75) is 11.8 Å². The van der Waals surface area contributed by atoms with Gasteiger partial charge in [-0.1, -0.05) is 57.3 Å². The molecule has 1 unspecified atom stereocenters. The fourth-order valence-corrected chi connectivity index (χ4v) is 2.49. The van der Waals surface area contributed by atoms with Gasteiger partial charge in [-0.05, 0) is 36.8 Å². The maximum absolute atomic E-state index is 12.2. The SMILES string of the molecule is CC(Br)c1ccccc1NC(=O)c1ccc(Cl)c(Cl)c1. The van der Waals surface area contributed by atoms with E-state index in [4.69, 9.17) is 23.2 Å². The van der Waals surface area contributed by atoms with Crippen molar-refractivity contribution in [1.29, 1.82) is 0 Å². The van der Waals surface area contributed by atoms with Gasteiger partial charge in [0.1, 0.15) is 0 Å². The summed E-state index contributed by atoms with van der Waals surface area (Å²) in [6.07, 6.45) is 0.